The summed E-state index contributed by atoms with van der Waals surface area (Å²) in [5, 5.41) is 3.15. The molecule has 0 unspecified atom stereocenters. The highest BCUT2D eigenvalue weighted by atomic mass is 32.1. The van der Waals surface area contributed by atoms with Crippen LogP contribution in [-0.2, 0) is 11.3 Å². The lowest BCUT2D eigenvalue weighted by Gasteiger charge is -2.05. The van der Waals surface area contributed by atoms with Gasteiger partial charge in [0.25, 0.3) is 5.56 Å². The van der Waals surface area contributed by atoms with E-state index in [-0.39, 0.29) is 18.0 Å². The molecule has 2 rings (SSSR count). The van der Waals surface area contributed by atoms with Gasteiger partial charge in [-0.1, -0.05) is 0 Å². The van der Waals surface area contributed by atoms with Gasteiger partial charge in [-0.15, -0.1) is 11.3 Å². The number of carbonyl (C=O) groups excluding carboxylic acids is 1. The Morgan fingerprint density at radius 2 is 2.33 bits per heavy atom. The highest BCUT2D eigenvalue weighted by Crippen LogP contribution is 2.16. The molecule has 18 heavy (non-hydrogen) atoms. The Bertz CT molecular complexity index is 632. The summed E-state index contributed by atoms with van der Waals surface area (Å²) in [6.45, 7) is 1.82. The molecule has 2 aromatic heterocycles. The van der Waals surface area contributed by atoms with Crippen LogP contribution in [0.5, 0.6) is 0 Å². The minimum absolute atomic E-state index is 0.0809. The average Bonchev–Trinajstić information content (AvgIpc) is 2.69. The zero-order chi connectivity index (χ0) is 13.1. The van der Waals surface area contributed by atoms with E-state index in [0.717, 1.165) is 4.88 Å². The Morgan fingerprint density at radius 3 is 3.00 bits per heavy atom. The first-order valence-electron chi connectivity index (χ1n) is 5.23. The second kappa shape index (κ2) is 5.01. The number of nitrogens with one attached hydrogen (secondary N) is 1. The lowest BCUT2D eigenvalue weighted by molar-refractivity contribution is -0.116. The maximum atomic E-state index is 11.7. The van der Waals surface area contributed by atoms with Gasteiger partial charge in [-0.2, -0.15) is 0 Å². The molecule has 0 aliphatic carbocycles. The molecule has 0 bridgehead atoms. The normalized spacial score (nSPS) is 10.3. The van der Waals surface area contributed by atoms with Gasteiger partial charge in [0.1, 0.15) is 6.54 Å². The van der Waals surface area contributed by atoms with Crippen molar-refractivity contribution >= 4 is 28.1 Å². The van der Waals surface area contributed by atoms with Crippen LogP contribution in [0.25, 0.3) is 0 Å². The van der Waals surface area contributed by atoms with E-state index in [1.807, 2.05) is 6.92 Å². The van der Waals surface area contributed by atoms with E-state index in [4.69, 9.17) is 5.73 Å². The van der Waals surface area contributed by atoms with Crippen molar-refractivity contribution in [2.75, 3.05) is 11.1 Å². The predicted octanol–water partition coefficient (Wildman–Crippen LogP) is 0.834. The number of rotatable bonds is 3. The second-order valence-corrected chi connectivity index (χ2v) is 4.99. The Labute approximate surface area is 107 Å². The van der Waals surface area contributed by atoms with E-state index in [2.05, 4.69) is 10.3 Å². The lowest BCUT2D eigenvalue weighted by Crippen LogP contribution is -2.26. The van der Waals surface area contributed by atoms with Gasteiger partial charge in [0.15, 0.2) is 5.13 Å². The number of nitrogens with zero attached hydrogens (tertiary/aromatic N) is 2. The van der Waals surface area contributed by atoms with Crippen molar-refractivity contribution in [1.29, 1.82) is 0 Å². The summed E-state index contributed by atoms with van der Waals surface area (Å²) in [5.74, 6) is -0.308. The van der Waals surface area contributed by atoms with E-state index in [0.29, 0.717) is 10.8 Å². The molecule has 7 heteroatoms. The fraction of sp³-hybridized carbons (Fsp3) is 0.182. The standard InChI is InChI=1S/C11H12N4O2S/c1-7-4-13-11(18-7)14-9(16)6-15-5-8(12)2-3-10(15)17/h2-5H,6,12H2,1H3,(H,13,14,16). The summed E-state index contributed by atoms with van der Waals surface area (Å²) in [7, 11) is 0. The molecule has 0 saturated carbocycles. The number of aryl methyl sites for hydroxylation is 1. The van der Waals surface area contributed by atoms with Gasteiger partial charge in [-0.3, -0.25) is 9.59 Å². The number of anilines is 2. The fourth-order valence-electron chi connectivity index (χ4n) is 1.40. The zero-order valence-corrected chi connectivity index (χ0v) is 10.5. The van der Waals surface area contributed by atoms with Crippen molar-refractivity contribution in [2.24, 2.45) is 0 Å². The van der Waals surface area contributed by atoms with E-state index in [1.165, 1.54) is 34.2 Å². The van der Waals surface area contributed by atoms with Gasteiger partial charge in [0.2, 0.25) is 5.91 Å². The smallest absolute Gasteiger partial charge is 0.251 e. The van der Waals surface area contributed by atoms with Crippen LogP contribution in [0.1, 0.15) is 4.88 Å². The van der Waals surface area contributed by atoms with Crippen LogP contribution in [0, 0.1) is 6.92 Å². The highest BCUT2D eigenvalue weighted by molar-refractivity contribution is 7.15. The van der Waals surface area contributed by atoms with Crippen molar-refractivity contribution in [1.82, 2.24) is 9.55 Å². The van der Waals surface area contributed by atoms with Crippen molar-refractivity contribution in [3.05, 3.63) is 39.8 Å². The second-order valence-electron chi connectivity index (χ2n) is 3.75. The first-order valence-corrected chi connectivity index (χ1v) is 6.04. The molecule has 3 N–H and O–H groups in total. The third kappa shape index (κ3) is 2.95. The van der Waals surface area contributed by atoms with Crippen molar-refractivity contribution < 1.29 is 4.79 Å². The number of nitrogen functional groups attached to an aromatic ring is 1. The van der Waals surface area contributed by atoms with E-state index in [9.17, 15) is 9.59 Å². The first kappa shape index (κ1) is 12.3. The number of hydrogen-bond donors (Lipinski definition) is 2. The van der Waals surface area contributed by atoms with Crippen molar-refractivity contribution in [2.45, 2.75) is 13.5 Å². The molecule has 0 radical (unpaired) electrons. The zero-order valence-electron chi connectivity index (χ0n) is 9.71. The molecule has 94 valence electrons. The Hall–Kier alpha value is -2.15. The Kier molecular flexibility index (Phi) is 3.42. The van der Waals surface area contributed by atoms with Crippen LogP contribution in [0.4, 0.5) is 10.8 Å². The topological polar surface area (TPSA) is 90.0 Å². The van der Waals surface area contributed by atoms with Gasteiger partial charge < -0.3 is 15.6 Å². The largest absolute Gasteiger partial charge is 0.398 e. The molecule has 6 nitrogen and oxygen atoms in total. The van der Waals surface area contributed by atoms with E-state index < -0.39 is 0 Å². The third-order valence-electron chi connectivity index (χ3n) is 2.19. The summed E-state index contributed by atoms with van der Waals surface area (Å²) in [6.07, 6.45) is 3.11. The summed E-state index contributed by atoms with van der Waals surface area (Å²) in [5.41, 5.74) is 5.73. The van der Waals surface area contributed by atoms with Crippen LogP contribution < -0.4 is 16.6 Å². The van der Waals surface area contributed by atoms with Crippen molar-refractivity contribution in [3.8, 4) is 0 Å². The summed E-state index contributed by atoms with van der Waals surface area (Å²) in [4.78, 5) is 28.2. The monoisotopic (exact) mass is 264 g/mol. The number of hydrogen-bond acceptors (Lipinski definition) is 5. The average molecular weight is 264 g/mol. The minimum Gasteiger partial charge on any atom is -0.398 e. The van der Waals surface area contributed by atoms with Crippen LogP contribution in [0.3, 0.4) is 0 Å². The van der Waals surface area contributed by atoms with Crippen LogP contribution in [0.15, 0.2) is 29.3 Å². The van der Waals surface area contributed by atoms with Gasteiger partial charge in [0.05, 0.1) is 0 Å². The molecule has 1 amide bonds. The molecule has 0 saturated heterocycles. The summed E-state index contributed by atoms with van der Waals surface area (Å²) < 4.78 is 1.26. The molecular weight excluding hydrogens is 252 g/mol. The summed E-state index contributed by atoms with van der Waals surface area (Å²) in [6, 6.07) is 2.83. The first-order chi connectivity index (χ1) is 8.54. The van der Waals surface area contributed by atoms with Crippen LogP contribution in [0.2, 0.25) is 0 Å². The molecule has 2 heterocycles. The number of aromatic nitrogens is 2. The summed E-state index contributed by atoms with van der Waals surface area (Å²) >= 11 is 1.38. The van der Waals surface area contributed by atoms with Gasteiger partial charge >= 0.3 is 0 Å². The van der Waals surface area contributed by atoms with Crippen LogP contribution >= 0.6 is 11.3 Å². The Morgan fingerprint density at radius 1 is 1.56 bits per heavy atom. The number of nitrogens with two attached hydrogens (primary N) is 1. The SMILES string of the molecule is Cc1cnc(NC(=O)Cn2cc(N)ccc2=O)s1. The molecule has 0 aromatic carbocycles. The number of amides is 1. The highest BCUT2D eigenvalue weighted by Gasteiger charge is 2.07. The molecule has 0 aliphatic heterocycles. The van der Waals surface area contributed by atoms with Gasteiger partial charge in [0, 0.05) is 29.0 Å². The van der Waals surface area contributed by atoms with E-state index in [1.54, 1.807) is 6.20 Å². The fourth-order valence-corrected chi connectivity index (χ4v) is 2.08. The van der Waals surface area contributed by atoms with Gasteiger partial charge in [-0.05, 0) is 13.0 Å². The number of thiazole rings is 1. The van der Waals surface area contributed by atoms with Gasteiger partial charge in [-0.25, -0.2) is 4.98 Å². The van der Waals surface area contributed by atoms with Crippen LogP contribution in [-0.4, -0.2) is 15.5 Å². The maximum Gasteiger partial charge on any atom is 0.251 e. The minimum atomic E-state index is -0.308. The number of pyridine rings is 1. The third-order valence-corrected chi connectivity index (χ3v) is 3.02. The molecule has 0 spiro atoms. The van der Waals surface area contributed by atoms with Crippen molar-refractivity contribution in [3.63, 3.8) is 0 Å². The Balaban J connectivity index is 2.07. The lowest BCUT2D eigenvalue weighted by atomic mass is 10.4. The molecule has 2 aromatic rings. The molecule has 0 aliphatic rings. The molecule has 0 fully saturated rings. The molecule has 0 atom stereocenters. The molecular formula is C11H12N4O2S. The quantitative estimate of drug-likeness (QED) is 0.859. The maximum absolute atomic E-state index is 11.7. The number of carbonyl (C=O) groups is 1. The van der Waals surface area contributed by atoms with E-state index >= 15 is 0 Å². The predicted molar refractivity (Wildman–Crippen MR) is 70.6 cm³/mol.